The van der Waals surface area contributed by atoms with E-state index in [2.05, 4.69) is 16.9 Å². The molecule has 0 radical (unpaired) electrons. The summed E-state index contributed by atoms with van der Waals surface area (Å²) in [4.78, 5) is 37.1. The first kappa shape index (κ1) is 20.2. The molecule has 3 aromatic rings. The molecule has 0 aliphatic carbocycles. The van der Waals surface area contributed by atoms with Crippen molar-refractivity contribution in [3.63, 3.8) is 0 Å². The number of rotatable bonds is 5. The van der Waals surface area contributed by atoms with Crippen molar-refractivity contribution in [2.45, 2.75) is 13.5 Å². The van der Waals surface area contributed by atoms with Gasteiger partial charge in [-0.05, 0) is 49.5 Å². The van der Waals surface area contributed by atoms with Gasteiger partial charge in [-0.25, -0.2) is 4.79 Å². The molecule has 1 aromatic heterocycles. The van der Waals surface area contributed by atoms with Crippen LogP contribution < -0.4 is 16.6 Å². The molecule has 27 heavy (non-hydrogen) atoms. The zero-order valence-electron chi connectivity index (χ0n) is 14.9. The lowest BCUT2D eigenvalue weighted by atomic mass is 10.2. The number of ketones is 1. The number of para-hydroxylation sites is 1. The van der Waals surface area contributed by atoms with Gasteiger partial charge in [-0.1, -0.05) is 30.3 Å². The van der Waals surface area contributed by atoms with Crippen LogP contribution in [-0.2, 0) is 6.54 Å². The Bertz CT molecular complexity index is 1050. The standard InChI is InChI=1S/C12H13N3O2.C8H7ClO/c1-2-13-7-8-15-11(16)9-5-3-4-6-10(9)14-12(15)17;1-6(10)7-2-4-8(9)5-3-7/h2-6,13H,1,7-8H2,(H,14,17);2-5H,1H3. The van der Waals surface area contributed by atoms with Gasteiger partial charge < -0.3 is 10.3 Å². The number of hydrogen-bond acceptors (Lipinski definition) is 4. The van der Waals surface area contributed by atoms with Gasteiger partial charge in [-0.2, -0.15) is 0 Å². The van der Waals surface area contributed by atoms with Crippen LogP contribution in [0.25, 0.3) is 10.9 Å². The number of nitrogens with one attached hydrogen (secondary N) is 2. The van der Waals surface area contributed by atoms with Crippen molar-refractivity contribution in [2.75, 3.05) is 6.54 Å². The molecule has 0 bridgehead atoms. The minimum absolute atomic E-state index is 0.0664. The second-order valence-electron chi connectivity index (χ2n) is 5.65. The van der Waals surface area contributed by atoms with Crippen LogP contribution in [0.2, 0.25) is 5.02 Å². The van der Waals surface area contributed by atoms with Gasteiger partial charge in [0.1, 0.15) is 0 Å². The van der Waals surface area contributed by atoms with Crippen molar-refractivity contribution >= 4 is 28.3 Å². The highest BCUT2D eigenvalue weighted by Crippen LogP contribution is 2.09. The van der Waals surface area contributed by atoms with E-state index in [9.17, 15) is 14.4 Å². The number of aromatic amines is 1. The van der Waals surface area contributed by atoms with E-state index in [0.717, 1.165) is 0 Å². The first-order valence-electron chi connectivity index (χ1n) is 8.26. The van der Waals surface area contributed by atoms with Gasteiger partial charge in [0.15, 0.2) is 5.78 Å². The van der Waals surface area contributed by atoms with E-state index >= 15 is 0 Å². The third-order valence-corrected chi connectivity index (χ3v) is 4.02. The average molecular weight is 386 g/mol. The van der Waals surface area contributed by atoms with Crippen LogP contribution in [0.4, 0.5) is 0 Å². The van der Waals surface area contributed by atoms with Crippen LogP contribution in [0.5, 0.6) is 0 Å². The molecule has 0 fully saturated rings. The van der Waals surface area contributed by atoms with E-state index in [4.69, 9.17) is 11.6 Å². The molecule has 3 rings (SSSR count). The Morgan fingerprint density at radius 1 is 1.19 bits per heavy atom. The molecule has 2 aromatic carbocycles. The normalized spacial score (nSPS) is 10.0. The Morgan fingerprint density at radius 2 is 1.85 bits per heavy atom. The maximum absolute atomic E-state index is 12.0. The molecule has 140 valence electrons. The lowest BCUT2D eigenvalue weighted by molar-refractivity contribution is 0.101. The Kier molecular flexibility index (Phi) is 7.14. The number of halogens is 1. The van der Waals surface area contributed by atoms with Gasteiger partial charge in [0.05, 0.1) is 10.9 Å². The molecule has 0 saturated heterocycles. The number of aromatic nitrogens is 2. The fourth-order valence-corrected chi connectivity index (χ4v) is 2.49. The average Bonchev–Trinajstić information content (AvgIpc) is 2.65. The van der Waals surface area contributed by atoms with Gasteiger partial charge in [-0.3, -0.25) is 14.2 Å². The van der Waals surface area contributed by atoms with Crippen LogP contribution in [0.1, 0.15) is 17.3 Å². The van der Waals surface area contributed by atoms with E-state index in [1.807, 2.05) is 0 Å². The summed E-state index contributed by atoms with van der Waals surface area (Å²) in [5.74, 6) is 0.0664. The van der Waals surface area contributed by atoms with Gasteiger partial charge in [-0.15, -0.1) is 0 Å². The third kappa shape index (κ3) is 5.43. The van der Waals surface area contributed by atoms with Crippen LogP contribution in [0, 0.1) is 0 Å². The van der Waals surface area contributed by atoms with E-state index in [-0.39, 0.29) is 17.0 Å². The van der Waals surface area contributed by atoms with Crippen LogP contribution in [0.3, 0.4) is 0 Å². The summed E-state index contributed by atoms with van der Waals surface area (Å²) in [6, 6.07) is 13.8. The smallest absolute Gasteiger partial charge is 0.328 e. The molecule has 0 aliphatic heterocycles. The molecule has 2 N–H and O–H groups in total. The molecule has 6 nitrogen and oxygen atoms in total. The number of carbonyl (C=O) groups excluding carboxylic acids is 1. The summed E-state index contributed by atoms with van der Waals surface area (Å²) in [6.07, 6.45) is 1.53. The van der Waals surface area contributed by atoms with Crippen LogP contribution in [0.15, 0.2) is 70.9 Å². The Labute approximate surface area is 161 Å². The fraction of sp³-hybridized carbons (Fsp3) is 0.150. The lowest BCUT2D eigenvalue weighted by Gasteiger charge is -2.05. The van der Waals surface area contributed by atoms with Gasteiger partial charge in [0.25, 0.3) is 5.56 Å². The molecule has 0 amide bonds. The second kappa shape index (κ2) is 9.54. The van der Waals surface area contributed by atoms with Gasteiger partial charge in [0.2, 0.25) is 0 Å². The lowest BCUT2D eigenvalue weighted by Crippen LogP contribution is -2.37. The molecule has 0 spiro atoms. The highest BCUT2D eigenvalue weighted by Gasteiger charge is 2.05. The number of carbonyl (C=O) groups is 1. The fourth-order valence-electron chi connectivity index (χ4n) is 2.37. The first-order chi connectivity index (χ1) is 12.9. The monoisotopic (exact) mass is 385 g/mol. The summed E-state index contributed by atoms with van der Waals surface area (Å²) in [5.41, 5.74) is 0.606. The molecule has 0 atom stereocenters. The number of fused-ring (bicyclic) bond motifs is 1. The van der Waals surface area contributed by atoms with Crippen LogP contribution in [-0.4, -0.2) is 21.9 Å². The van der Waals surface area contributed by atoms with Crippen molar-refractivity contribution in [1.82, 2.24) is 14.9 Å². The Balaban J connectivity index is 0.000000223. The van der Waals surface area contributed by atoms with Crippen LogP contribution >= 0.6 is 11.6 Å². The number of H-pyrrole nitrogens is 1. The zero-order valence-corrected chi connectivity index (χ0v) is 15.6. The summed E-state index contributed by atoms with van der Waals surface area (Å²) in [7, 11) is 0. The zero-order chi connectivity index (χ0) is 19.8. The van der Waals surface area contributed by atoms with Crippen molar-refractivity contribution < 1.29 is 4.79 Å². The van der Waals surface area contributed by atoms with E-state index in [1.54, 1.807) is 48.5 Å². The predicted octanol–water partition coefficient (Wildman–Crippen LogP) is 2.97. The molecular formula is C20H20ClN3O3. The molecule has 1 heterocycles. The minimum atomic E-state index is -0.389. The molecule has 0 saturated carbocycles. The number of hydrogen-bond donors (Lipinski definition) is 2. The van der Waals surface area contributed by atoms with Crippen molar-refractivity contribution in [3.8, 4) is 0 Å². The number of nitrogens with zero attached hydrogens (tertiary/aromatic N) is 1. The van der Waals surface area contributed by atoms with Crippen molar-refractivity contribution in [2.24, 2.45) is 0 Å². The maximum Gasteiger partial charge on any atom is 0.328 e. The van der Waals surface area contributed by atoms with E-state index in [1.165, 1.54) is 17.7 Å². The van der Waals surface area contributed by atoms with Crippen molar-refractivity contribution in [1.29, 1.82) is 0 Å². The maximum atomic E-state index is 12.0. The molecule has 0 aliphatic rings. The summed E-state index contributed by atoms with van der Waals surface area (Å²) in [5, 5.41) is 4.03. The topological polar surface area (TPSA) is 84.0 Å². The number of Topliss-reactive ketones (excluding diaryl/α,β-unsaturated/α-hetero) is 1. The second-order valence-corrected chi connectivity index (χ2v) is 6.09. The Hall–Kier alpha value is -3.12. The molecular weight excluding hydrogens is 366 g/mol. The highest BCUT2D eigenvalue weighted by molar-refractivity contribution is 6.30. The van der Waals surface area contributed by atoms with Crippen molar-refractivity contribution in [3.05, 3.63) is 92.7 Å². The third-order valence-electron chi connectivity index (χ3n) is 3.76. The highest BCUT2D eigenvalue weighted by atomic mass is 35.5. The quantitative estimate of drug-likeness (QED) is 0.522. The summed E-state index contributed by atoms with van der Waals surface area (Å²) < 4.78 is 1.18. The number of benzene rings is 2. The molecule has 0 unspecified atom stereocenters. The predicted molar refractivity (Wildman–Crippen MR) is 108 cm³/mol. The minimum Gasteiger partial charge on any atom is -0.390 e. The van der Waals surface area contributed by atoms with E-state index in [0.29, 0.717) is 34.6 Å². The largest absolute Gasteiger partial charge is 0.390 e. The summed E-state index contributed by atoms with van der Waals surface area (Å²) >= 11 is 5.61. The van der Waals surface area contributed by atoms with Gasteiger partial charge >= 0.3 is 5.69 Å². The first-order valence-corrected chi connectivity index (χ1v) is 8.64. The summed E-state index contributed by atoms with van der Waals surface area (Å²) in [6.45, 7) is 5.83. The SMILES string of the molecule is C=CNCCn1c(=O)[nH]c2ccccc2c1=O.CC(=O)c1ccc(Cl)cc1. The van der Waals surface area contributed by atoms with Gasteiger partial charge in [0, 0.05) is 23.7 Å². The van der Waals surface area contributed by atoms with E-state index < -0.39 is 0 Å². The Morgan fingerprint density at radius 3 is 2.48 bits per heavy atom. The molecule has 7 heteroatoms.